The molecule has 7 nitrogen and oxygen atoms in total. The van der Waals surface area contributed by atoms with Gasteiger partial charge in [0.15, 0.2) is 0 Å². The first-order valence-corrected chi connectivity index (χ1v) is 10.1. The van der Waals surface area contributed by atoms with Gasteiger partial charge in [-0.15, -0.1) is 0 Å². The van der Waals surface area contributed by atoms with Crippen molar-refractivity contribution in [2.75, 3.05) is 0 Å². The van der Waals surface area contributed by atoms with E-state index in [1.165, 1.54) is 0 Å². The van der Waals surface area contributed by atoms with Gasteiger partial charge in [-0.2, -0.15) is 0 Å². The number of H-pyrrole nitrogens is 2. The van der Waals surface area contributed by atoms with E-state index in [0.717, 1.165) is 65.6 Å². The molecule has 1 radical (unpaired) electrons. The Morgan fingerprint density at radius 2 is 1.64 bits per heavy atom. The third-order valence-corrected chi connectivity index (χ3v) is 5.38. The molecule has 4 rings (SSSR count). The number of fused-ring (bicyclic) bond motifs is 2. The molecule has 2 aromatic rings. The van der Waals surface area contributed by atoms with Crippen LogP contribution in [0.2, 0.25) is 0 Å². The Balaban J connectivity index is 0.000000176. The molecule has 2 heterocycles. The second-order valence-electron chi connectivity index (χ2n) is 6.64. The molecule has 0 bridgehead atoms. The van der Waals surface area contributed by atoms with Crippen LogP contribution in [0, 0.1) is 0 Å². The van der Waals surface area contributed by atoms with Gasteiger partial charge >= 0.3 is 36.7 Å². The van der Waals surface area contributed by atoms with E-state index in [4.69, 9.17) is 10.2 Å². The number of hydrogen-bond acceptors (Lipinski definition) is 4. The summed E-state index contributed by atoms with van der Waals surface area (Å²) >= 11 is 6.51. The van der Waals surface area contributed by atoms with Crippen molar-refractivity contribution >= 4 is 48.3 Å². The van der Waals surface area contributed by atoms with Crippen LogP contribution >= 0.6 is 28.7 Å². The topological polar surface area (TPSA) is 119 Å². The van der Waals surface area contributed by atoms with Crippen molar-refractivity contribution in [2.45, 2.75) is 50.4 Å². The predicted molar refractivity (Wildman–Crippen MR) is 113 cm³/mol. The van der Waals surface area contributed by atoms with Gasteiger partial charge in [-0.3, -0.25) is 9.59 Å². The number of hydrogen-bond donors (Lipinski definition) is 5. The van der Waals surface area contributed by atoms with Gasteiger partial charge in [-0.05, 0) is 77.7 Å². The van der Waals surface area contributed by atoms with Gasteiger partial charge in [0.1, 0.15) is 0 Å². The van der Waals surface area contributed by atoms with Crippen LogP contribution in [-0.2, 0) is 22.4 Å². The number of carboxylic acid groups (broad SMARTS) is 2. The van der Waals surface area contributed by atoms with Gasteiger partial charge in [0.2, 0.25) is 0 Å². The standard InChI is InChI=1S/C9H10BrNO2.C9H11NO2.BHNS/c10-8-4-6-5(9(12)13)2-1-3-7(6)11-8;11-9(12)7-2-1-3-8-6(7)4-5-10-8;1-2-3/h4-5,11H,1-3H2,(H,12,13);4-5,7,10H,1-3H2,(H,11,12);3H. The van der Waals surface area contributed by atoms with Gasteiger partial charge in [0.05, 0.1) is 16.4 Å². The molecule has 10 heteroatoms. The van der Waals surface area contributed by atoms with Crippen molar-refractivity contribution < 1.29 is 19.8 Å². The zero-order valence-electron chi connectivity index (χ0n) is 15.2. The molecule has 28 heavy (non-hydrogen) atoms. The van der Waals surface area contributed by atoms with Crippen molar-refractivity contribution in [2.24, 2.45) is 4.30 Å². The Morgan fingerprint density at radius 3 is 2.21 bits per heavy atom. The molecule has 2 aliphatic carbocycles. The number of aromatic nitrogens is 2. The molecule has 2 unspecified atom stereocenters. The Kier molecular flexibility index (Phi) is 8.56. The van der Waals surface area contributed by atoms with Crippen LogP contribution in [0.1, 0.15) is 60.0 Å². The molecular formula is C18H22BBrN3O4S. The summed E-state index contributed by atoms with van der Waals surface area (Å²) < 4.78 is 3.57. The normalized spacial score (nSPS) is 19.6. The third-order valence-electron chi connectivity index (χ3n) is 4.96. The number of nitrogens with zero attached hydrogens (tertiary/aromatic N) is 1. The number of rotatable bonds is 2. The molecule has 0 fully saturated rings. The fourth-order valence-corrected chi connectivity index (χ4v) is 4.23. The first-order chi connectivity index (χ1) is 13.4. The zero-order chi connectivity index (χ0) is 20.7. The molecule has 2 atom stereocenters. The van der Waals surface area contributed by atoms with Crippen molar-refractivity contribution in [3.8, 4) is 0 Å². The van der Waals surface area contributed by atoms with Crippen LogP contribution in [0.5, 0.6) is 0 Å². The summed E-state index contributed by atoms with van der Waals surface area (Å²) in [6, 6.07) is 3.76. The molecule has 4 N–H and O–H groups in total. The predicted octanol–water partition coefficient (Wildman–Crippen LogP) is 3.98. The number of carboxylic acids is 2. The second-order valence-corrected chi connectivity index (χ2v) is 7.73. The summed E-state index contributed by atoms with van der Waals surface area (Å²) in [4.78, 5) is 27.9. The number of thiol groups is 1. The van der Waals surface area contributed by atoms with E-state index in [1.807, 2.05) is 18.3 Å². The minimum absolute atomic E-state index is 0.278. The Bertz CT molecular complexity index is 839. The second kappa shape index (κ2) is 10.7. The molecule has 0 saturated heterocycles. The van der Waals surface area contributed by atoms with Gasteiger partial charge in [0, 0.05) is 17.6 Å². The van der Waals surface area contributed by atoms with E-state index < -0.39 is 11.9 Å². The van der Waals surface area contributed by atoms with Crippen LogP contribution in [-0.4, -0.2) is 39.8 Å². The zero-order valence-corrected chi connectivity index (χ0v) is 17.7. The molecule has 2 aliphatic rings. The summed E-state index contributed by atoms with van der Waals surface area (Å²) in [5.41, 5.74) is 4.11. The van der Waals surface area contributed by atoms with Crippen LogP contribution in [0.4, 0.5) is 0 Å². The summed E-state index contributed by atoms with van der Waals surface area (Å²) in [5.74, 6) is -2.01. The number of carbonyl (C=O) groups is 2. The van der Waals surface area contributed by atoms with E-state index in [9.17, 15) is 9.59 Å². The number of halogens is 1. The Labute approximate surface area is 178 Å². The number of aliphatic carboxylic acids is 2. The quantitative estimate of drug-likeness (QED) is 0.339. The van der Waals surface area contributed by atoms with Crippen molar-refractivity contribution in [1.29, 1.82) is 0 Å². The molecule has 0 saturated carbocycles. The van der Waals surface area contributed by atoms with E-state index in [0.29, 0.717) is 0 Å². The number of aryl methyl sites for hydroxylation is 2. The molecule has 0 amide bonds. The van der Waals surface area contributed by atoms with E-state index in [1.54, 1.807) is 0 Å². The maximum absolute atomic E-state index is 10.9. The van der Waals surface area contributed by atoms with Crippen LogP contribution < -0.4 is 0 Å². The third kappa shape index (κ3) is 5.60. The van der Waals surface area contributed by atoms with Crippen molar-refractivity contribution in [3.63, 3.8) is 0 Å². The molecule has 0 aromatic carbocycles. The van der Waals surface area contributed by atoms with Gasteiger partial charge in [-0.1, -0.05) is 0 Å². The number of nitrogens with one attached hydrogen (secondary N) is 2. The fraction of sp³-hybridized carbons (Fsp3) is 0.444. The van der Waals surface area contributed by atoms with Crippen LogP contribution in [0.3, 0.4) is 0 Å². The Hall–Kier alpha value is -1.81. The average Bonchev–Trinajstić information content (AvgIpc) is 3.27. The molecule has 0 aliphatic heterocycles. The minimum atomic E-state index is -0.715. The monoisotopic (exact) mass is 466 g/mol. The van der Waals surface area contributed by atoms with Gasteiger partial charge in [-0.25, -0.2) is 0 Å². The Morgan fingerprint density at radius 1 is 1.11 bits per heavy atom. The first kappa shape index (κ1) is 22.5. The van der Waals surface area contributed by atoms with E-state index in [-0.39, 0.29) is 11.8 Å². The summed E-state index contributed by atoms with van der Waals surface area (Å²) in [7, 11) is 4.34. The van der Waals surface area contributed by atoms with Gasteiger partial charge < -0.3 is 20.2 Å². The van der Waals surface area contributed by atoms with Gasteiger partial charge in [0.25, 0.3) is 0 Å². The number of aromatic amines is 2. The summed E-state index contributed by atoms with van der Waals surface area (Å²) in [5, 5.41) is 17.9. The summed E-state index contributed by atoms with van der Waals surface area (Å²) in [6.07, 6.45) is 7.25. The van der Waals surface area contributed by atoms with Crippen LogP contribution in [0.25, 0.3) is 0 Å². The molecule has 2 aromatic heterocycles. The molecule has 149 valence electrons. The summed E-state index contributed by atoms with van der Waals surface area (Å²) in [6.45, 7) is 0. The molecular weight excluding hydrogens is 445 g/mol. The van der Waals surface area contributed by atoms with E-state index >= 15 is 0 Å². The SMILES string of the molecule is O=C(O)C1CCCc2[nH]c(Br)cc21.O=C(O)C1CCCc2[nH]ccc21.[B]=NS. The van der Waals surface area contributed by atoms with Crippen molar-refractivity contribution in [1.82, 2.24) is 9.97 Å². The molecule has 0 spiro atoms. The van der Waals surface area contributed by atoms with E-state index in [2.05, 4.69) is 50.7 Å². The van der Waals surface area contributed by atoms with Crippen LogP contribution in [0.15, 0.2) is 27.2 Å². The fourth-order valence-electron chi connectivity index (χ4n) is 3.74. The van der Waals surface area contributed by atoms with Crippen molar-refractivity contribution in [3.05, 3.63) is 45.4 Å². The first-order valence-electron chi connectivity index (χ1n) is 8.92. The average molecular weight is 467 g/mol. The maximum atomic E-state index is 10.9.